The van der Waals surface area contributed by atoms with Gasteiger partial charge in [-0.2, -0.15) is 0 Å². The fraction of sp³-hybridized carbons (Fsp3) is 0.0714. The van der Waals surface area contributed by atoms with Crippen molar-refractivity contribution in [2.24, 2.45) is 0 Å². The Morgan fingerprint density at radius 1 is 1.17 bits per heavy atom. The van der Waals surface area contributed by atoms with Gasteiger partial charge in [0.2, 0.25) is 0 Å². The SMILES string of the molecule is Cc1cc(F)ccc1NC(=O)c1ccc(S)cc1. The van der Waals surface area contributed by atoms with Crippen LogP contribution in [-0.2, 0) is 0 Å². The molecule has 1 amide bonds. The van der Waals surface area contributed by atoms with Crippen molar-refractivity contribution in [3.63, 3.8) is 0 Å². The molecule has 4 heteroatoms. The molecular formula is C14H12FNOS. The first-order chi connectivity index (χ1) is 8.56. The van der Waals surface area contributed by atoms with Gasteiger partial charge in [-0.05, 0) is 55.0 Å². The maximum absolute atomic E-state index is 12.9. The molecule has 0 aliphatic heterocycles. The molecule has 0 aliphatic rings. The first-order valence-corrected chi connectivity index (χ1v) is 5.87. The number of thiol groups is 1. The summed E-state index contributed by atoms with van der Waals surface area (Å²) in [6.07, 6.45) is 0. The van der Waals surface area contributed by atoms with Crippen molar-refractivity contribution < 1.29 is 9.18 Å². The average molecular weight is 261 g/mol. The molecule has 0 spiro atoms. The molecule has 2 aromatic carbocycles. The maximum atomic E-state index is 12.9. The Kier molecular flexibility index (Phi) is 3.67. The predicted octanol–water partition coefficient (Wildman–Crippen LogP) is 3.68. The van der Waals surface area contributed by atoms with E-state index >= 15 is 0 Å². The second-order valence-corrected chi connectivity index (χ2v) is 4.48. The quantitative estimate of drug-likeness (QED) is 0.793. The van der Waals surface area contributed by atoms with Crippen LogP contribution >= 0.6 is 12.6 Å². The number of hydrogen-bond acceptors (Lipinski definition) is 2. The van der Waals surface area contributed by atoms with Crippen molar-refractivity contribution in [1.29, 1.82) is 0 Å². The smallest absolute Gasteiger partial charge is 0.255 e. The van der Waals surface area contributed by atoms with Crippen molar-refractivity contribution in [1.82, 2.24) is 0 Å². The van der Waals surface area contributed by atoms with Gasteiger partial charge in [0.05, 0.1) is 0 Å². The van der Waals surface area contributed by atoms with Crippen LogP contribution in [-0.4, -0.2) is 5.91 Å². The van der Waals surface area contributed by atoms with Crippen LogP contribution in [0, 0.1) is 12.7 Å². The highest BCUT2D eigenvalue weighted by Gasteiger charge is 2.07. The van der Waals surface area contributed by atoms with Gasteiger partial charge in [0.15, 0.2) is 0 Å². The molecule has 0 fully saturated rings. The predicted molar refractivity (Wildman–Crippen MR) is 72.8 cm³/mol. The zero-order valence-electron chi connectivity index (χ0n) is 9.77. The number of carbonyl (C=O) groups is 1. The number of rotatable bonds is 2. The summed E-state index contributed by atoms with van der Waals surface area (Å²) in [7, 11) is 0. The molecule has 0 aromatic heterocycles. The van der Waals surface area contributed by atoms with E-state index in [1.165, 1.54) is 12.1 Å². The van der Waals surface area contributed by atoms with Crippen LogP contribution in [0.5, 0.6) is 0 Å². The van der Waals surface area contributed by atoms with Crippen LogP contribution < -0.4 is 5.32 Å². The number of halogens is 1. The van der Waals surface area contributed by atoms with E-state index in [9.17, 15) is 9.18 Å². The van der Waals surface area contributed by atoms with Crippen molar-refractivity contribution in [3.8, 4) is 0 Å². The van der Waals surface area contributed by atoms with E-state index in [1.807, 2.05) is 0 Å². The number of amides is 1. The van der Waals surface area contributed by atoms with Crippen LogP contribution in [0.1, 0.15) is 15.9 Å². The molecule has 0 unspecified atom stereocenters. The fourth-order valence-electron chi connectivity index (χ4n) is 1.57. The average Bonchev–Trinajstić information content (AvgIpc) is 2.33. The van der Waals surface area contributed by atoms with E-state index < -0.39 is 0 Å². The third-order valence-electron chi connectivity index (χ3n) is 2.57. The Hall–Kier alpha value is -1.81. The van der Waals surface area contributed by atoms with Gasteiger partial charge in [0.25, 0.3) is 5.91 Å². The summed E-state index contributed by atoms with van der Waals surface area (Å²) in [5.41, 5.74) is 1.84. The largest absolute Gasteiger partial charge is 0.322 e. The Balaban J connectivity index is 2.18. The van der Waals surface area contributed by atoms with Crippen LogP contribution in [0.15, 0.2) is 47.4 Å². The minimum atomic E-state index is -0.315. The van der Waals surface area contributed by atoms with E-state index in [1.54, 1.807) is 37.3 Å². The third kappa shape index (κ3) is 2.90. The summed E-state index contributed by atoms with van der Waals surface area (Å²) in [6, 6.07) is 11.1. The van der Waals surface area contributed by atoms with Crippen LogP contribution in [0.25, 0.3) is 0 Å². The molecular weight excluding hydrogens is 249 g/mol. The highest BCUT2D eigenvalue weighted by Crippen LogP contribution is 2.17. The van der Waals surface area contributed by atoms with Crippen LogP contribution in [0.2, 0.25) is 0 Å². The van der Waals surface area contributed by atoms with Gasteiger partial charge < -0.3 is 5.32 Å². The highest BCUT2D eigenvalue weighted by atomic mass is 32.1. The van der Waals surface area contributed by atoms with E-state index in [0.29, 0.717) is 16.8 Å². The molecule has 0 aliphatic carbocycles. The maximum Gasteiger partial charge on any atom is 0.255 e. The summed E-state index contributed by atoms with van der Waals surface area (Å²) < 4.78 is 12.9. The van der Waals surface area contributed by atoms with Crippen molar-refractivity contribution in [3.05, 3.63) is 59.4 Å². The van der Waals surface area contributed by atoms with Crippen molar-refractivity contribution >= 4 is 24.2 Å². The van der Waals surface area contributed by atoms with E-state index in [4.69, 9.17) is 0 Å². The second kappa shape index (κ2) is 5.23. The number of nitrogens with one attached hydrogen (secondary N) is 1. The Labute approximate surface area is 110 Å². The number of anilines is 1. The van der Waals surface area contributed by atoms with Gasteiger partial charge >= 0.3 is 0 Å². The molecule has 0 bridgehead atoms. The lowest BCUT2D eigenvalue weighted by Crippen LogP contribution is -2.12. The van der Waals surface area contributed by atoms with Gasteiger partial charge in [-0.25, -0.2) is 4.39 Å². The van der Waals surface area contributed by atoms with Crippen molar-refractivity contribution in [2.45, 2.75) is 11.8 Å². The lowest BCUT2D eigenvalue weighted by molar-refractivity contribution is 0.102. The van der Waals surface area contributed by atoms with Gasteiger partial charge in [0.1, 0.15) is 5.82 Å². The number of carbonyl (C=O) groups excluding carboxylic acids is 1. The lowest BCUT2D eigenvalue weighted by Gasteiger charge is -2.08. The summed E-state index contributed by atoms with van der Waals surface area (Å²) in [5.74, 6) is -0.539. The van der Waals surface area contributed by atoms with E-state index in [0.717, 1.165) is 4.90 Å². The molecule has 0 saturated heterocycles. The monoisotopic (exact) mass is 261 g/mol. The third-order valence-corrected chi connectivity index (χ3v) is 2.86. The summed E-state index contributed by atoms with van der Waals surface area (Å²) in [6.45, 7) is 1.75. The van der Waals surface area contributed by atoms with Crippen LogP contribution in [0.4, 0.5) is 10.1 Å². The first-order valence-electron chi connectivity index (χ1n) is 5.43. The molecule has 1 N–H and O–H groups in total. The Morgan fingerprint density at radius 2 is 1.83 bits per heavy atom. The van der Waals surface area contributed by atoms with Gasteiger partial charge in [-0.1, -0.05) is 0 Å². The summed E-state index contributed by atoms with van der Waals surface area (Å²) >= 11 is 4.15. The Bertz CT molecular complexity index is 581. The number of hydrogen-bond donors (Lipinski definition) is 2. The molecule has 2 aromatic rings. The zero-order chi connectivity index (χ0) is 13.1. The lowest BCUT2D eigenvalue weighted by atomic mass is 10.1. The topological polar surface area (TPSA) is 29.1 Å². The highest BCUT2D eigenvalue weighted by molar-refractivity contribution is 7.80. The molecule has 92 valence electrons. The molecule has 2 rings (SSSR count). The molecule has 0 atom stereocenters. The first kappa shape index (κ1) is 12.6. The molecule has 0 radical (unpaired) electrons. The molecule has 18 heavy (non-hydrogen) atoms. The molecule has 0 saturated carbocycles. The number of benzene rings is 2. The summed E-state index contributed by atoms with van der Waals surface area (Å²) in [4.78, 5) is 12.7. The summed E-state index contributed by atoms with van der Waals surface area (Å²) in [5, 5.41) is 2.74. The minimum absolute atomic E-state index is 0.224. The van der Waals surface area contributed by atoms with E-state index in [-0.39, 0.29) is 11.7 Å². The van der Waals surface area contributed by atoms with E-state index in [2.05, 4.69) is 17.9 Å². The van der Waals surface area contributed by atoms with Crippen LogP contribution in [0.3, 0.4) is 0 Å². The van der Waals surface area contributed by atoms with Gasteiger partial charge in [-0.3, -0.25) is 4.79 Å². The molecule has 2 nitrogen and oxygen atoms in total. The zero-order valence-corrected chi connectivity index (χ0v) is 10.7. The minimum Gasteiger partial charge on any atom is -0.322 e. The molecule has 0 heterocycles. The Morgan fingerprint density at radius 3 is 2.44 bits per heavy atom. The fourth-order valence-corrected chi connectivity index (χ4v) is 1.72. The second-order valence-electron chi connectivity index (χ2n) is 3.96. The standard InChI is InChI=1S/C14H12FNOS/c1-9-8-11(15)4-7-13(9)16-14(17)10-2-5-12(18)6-3-10/h2-8,18H,1H3,(H,16,17). The normalized spacial score (nSPS) is 10.2. The van der Waals surface area contributed by atoms with Gasteiger partial charge in [0, 0.05) is 16.1 Å². The van der Waals surface area contributed by atoms with Crippen molar-refractivity contribution in [2.75, 3.05) is 5.32 Å². The van der Waals surface area contributed by atoms with Gasteiger partial charge in [-0.15, -0.1) is 12.6 Å². The number of aryl methyl sites for hydroxylation is 1.